The molecule has 0 saturated carbocycles. The summed E-state index contributed by atoms with van der Waals surface area (Å²) < 4.78 is 1.60. The van der Waals surface area contributed by atoms with Gasteiger partial charge >= 0.3 is 0 Å². The van der Waals surface area contributed by atoms with Crippen molar-refractivity contribution in [2.75, 3.05) is 0 Å². The highest BCUT2D eigenvalue weighted by Crippen LogP contribution is 2.40. The Labute approximate surface area is 291 Å². The van der Waals surface area contributed by atoms with Crippen molar-refractivity contribution in [2.45, 2.75) is 190 Å². The highest BCUT2D eigenvalue weighted by molar-refractivity contribution is 5.79. The normalized spacial score (nSPS) is 13.3. The van der Waals surface area contributed by atoms with Crippen molar-refractivity contribution >= 4 is 11.4 Å². The molecule has 2 aromatic carbocycles. The van der Waals surface area contributed by atoms with Gasteiger partial charge < -0.3 is 5.53 Å². The van der Waals surface area contributed by atoms with Crippen molar-refractivity contribution in [2.24, 2.45) is 0 Å². The minimum absolute atomic E-state index is 0.971. The molecule has 47 heavy (non-hydrogen) atoms. The first-order valence-corrected chi connectivity index (χ1v) is 20.2. The van der Waals surface area contributed by atoms with Crippen LogP contribution >= 0.6 is 0 Å². The van der Waals surface area contributed by atoms with Crippen LogP contribution in [0.25, 0.3) is 16.9 Å². The number of allylic oxidation sites excluding steroid dienone is 2. The van der Waals surface area contributed by atoms with Gasteiger partial charge in [-0.05, 0) is 128 Å². The Morgan fingerprint density at radius 3 is 1.40 bits per heavy atom. The van der Waals surface area contributed by atoms with Gasteiger partial charge in [-0.1, -0.05) is 119 Å². The molecule has 0 aromatic heterocycles. The fraction of sp³-hybridized carbons (Fsp3) is 0.644. The van der Waals surface area contributed by atoms with Gasteiger partial charge in [0.15, 0.2) is 0 Å². The highest BCUT2D eigenvalue weighted by atomic mass is 15.2. The van der Waals surface area contributed by atoms with E-state index in [2.05, 4.69) is 78.8 Å². The summed E-state index contributed by atoms with van der Waals surface area (Å²) in [5.74, 6) is 0. The summed E-state index contributed by atoms with van der Waals surface area (Å²) in [6, 6.07) is 9.78. The summed E-state index contributed by atoms with van der Waals surface area (Å²) in [5.41, 5.74) is 27.2. The average molecular weight is 639 g/mol. The van der Waals surface area contributed by atoms with E-state index in [-0.39, 0.29) is 0 Å². The van der Waals surface area contributed by atoms with Gasteiger partial charge in [0, 0.05) is 22.8 Å². The third-order valence-electron chi connectivity index (χ3n) is 10.2. The van der Waals surface area contributed by atoms with Gasteiger partial charge in [-0.2, -0.15) is 0 Å². The van der Waals surface area contributed by atoms with E-state index in [1.54, 1.807) is 15.8 Å². The van der Waals surface area contributed by atoms with Crippen LogP contribution in [0.15, 0.2) is 35.9 Å². The van der Waals surface area contributed by atoms with E-state index in [0.29, 0.717) is 0 Å². The van der Waals surface area contributed by atoms with Gasteiger partial charge in [0.25, 0.3) is 0 Å². The molecule has 1 aliphatic rings. The monoisotopic (exact) mass is 639 g/mol. The van der Waals surface area contributed by atoms with Crippen LogP contribution in [0.1, 0.15) is 196 Å². The average Bonchev–Trinajstić information content (AvgIpc) is 3.40. The van der Waals surface area contributed by atoms with E-state index in [1.807, 2.05) is 0 Å². The van der Waals surface area contributed by atoms with Crippen LogP contribution in [-0.4, -0.2) is 4.70 Å². The molecule has 260 valence electrons. The first-order valence-electron chi connectivity index (χ1n) is 20.2. The molecular formula is C45H70N2. The molecule has 0 N–H and O–H groups in total. The van der Waals surface area contributed by atoms with Crippen molar-refractivity contribution < 1.29 is 4.70 Å². The lowest BCUT2D eigenvalue weighted by Gasteiger charge is -2.19. The number of nitrogens with zero attached hydrogens (tertiary/aromatic N) is 2. The number of benzene rings is 2. The van der Waals surface area contributed by atoms with E-state index >= 15 is 0 Å². The Bertz CT molecular complexity index is 1270. The fourth-order valence-electron chi connectivity index (χ4n) is 7.64. The number of hydrogen-bond acceptors (Lipinski definition) is 0. The Hall–Kier alpha value is -2.48. The Morgan fingerprint density at radius 2 is 0.872 bits per heavy atom. The summed E-state index contributed by atoms with van der Waals surface area (Å²) in [7, 11) is 0. The zero-order chi connectivity index (χ0) is 34.0. The molecule has 0 atom stereocenters. The molecule has 0 radical (unpaired) electrons. The lowest BCUT2D eigenvalue weighted by atomic mass is 9.87. The van der Waals surface area contributed by atoms with Crippen LogP contribution in [0.5, 0.6) is 0 Å². The van der Waals surface area contributed by atoms with Crippen molar-refractivity contribution in [1.29, 1.82) is 0 Å². The summed E-state index contributed by atoms with van der Waals surface area (Å²) >= 11 is 0. The van der Waals surface area contributed by atoms with E-state index < -0.39 is 0 Å². The number of rotatable bonds is 24. The molecule has 2 heteroatoms. The van der Waals surface area contributed by atoms with E-state index in [1.165, 1.54) is 129 Å². The first-order chi connectivity index (χ1) is 23.0. The minimum atomic E-state index is 0.971. The molecule has 0 aliphatic carbocycles. The fourth-order valence-corrected chi connectivity index (χ4v) is 7.64. The predicted molar refractivity (Wildman–Crippen MR) is 207 cm³/mol. The first kappa shape index (κ1) is 39.0. The van der Waals surface area contributed by atoms with Gasteiger partial charge in [0.1, 0.15) is 0 Å². The zero-order valence-corrected chi connectivity index (χ0v) is 31.8. The maximum Gasteiger partial charge on any atom is 0.210 e. The van der Waals surface area contributed by atoms with Crippen LogP contribution in [0.4, 0.5) is 0 Å². The third-order valence-corrected chi connectivity index (χ3v) is 10.2. The second kappa shape index (κ2) is 21.5. The molecule has 1 heterocycles. The number of aryl methyl sites for hydroxylation is 4. The van der Waals surface area contributed by atoms with Crippen LogP contribution < -0.4 is 0 Å². The summed E-state index contributed by atoms with van der Waals surface area (Å²) in [5, 5.41) is 0. The maximum atomic E-state index is 12.3. The van der Waals surface area contributed by atoms with E-state index in [9.17, 15) is 5.53 Å². The molecular weight excluding hydrogens is 569 g/mol. The van der Waals surface area contributed by atoms with E-state index in [0.717, 1.165) is 62.8 Å². The molecule has 0 amide bonds. The molecule has 2 nitrogen and oxygen atoms in total. The molecule has 0 bridgehead atoms. The van der Waals surface area contributed by atoms with Crippen LogP contribution in [0.3, 0.4) is 0 Å². The summed E-state index contributed by atoms with van der Waals surface area (Å²) in [6.07, 6.45) is 28.6. The predicted octanol–water partition coefficient (Wildman–Crippen LogP) is 14.1. The third kappa shape index (κ3) is 11.0. The zero-order valence-electron chi connectivity index (χ0n) is 31.8. The Balaban J connectivity index is 2.16. The number of unbranched alkanes of at least 4 members (excludes halogenated alkanes) is 8. The van der Waals surface area contributed by atoms with Crippen LogP contribution in [0, 0.1) is 0 Å². The van der Waals surface area contributed by atoms with E-state index in [4.69, 9.17) is 0 Å². The molecule has 0 unspecified atom stereocenters. The number of hydrogen-bond donors (Lipinski definition) is 0. The van der Waals surface area contributed by atoms with Gasteiger partial charge in [-0.15, -0.1) is 0 Å². The smallest absolute Gasteiger partial charge is 0.210 e. The quantitative estimate of drug-likeness (QED) is 0.0807. The lowest BCUT2D eigenvalue weighted by molar-refractivity contribution is -0.344. The van der Waals surface area contributed by atoms with Crippen molar-refractivity contribution in [1.82, 2.24) is 0 Å². The van der Waals surface area contributed by atoms with Crippen LogP contribution in [0.2, 0.25) is 0 Å². The van der Waals surface area contributed by atoms with Gasteiger partial charge in [0.2, 0.25) is 11.4 Å². The molecule has 3 rings (SSSR count). The molecule has 1 aliphatic heterocycles. The molecule has 0 spiro atoms. The SMILES string of the molecule is CCCCCCCCC1=C(c2cc(CCCC)c(CCCC)c(CCCC)c2)[N+](=[N-])C(c2cc(CCC)c(CCC)c(CCC)c2)=C1. The van der Waals surface area contributed by atoms with Crippen molar-refractivity contribution in [3.05, 3.63) is 86.0 Å². The van der Waals surface area contributed by atoms with Gasteiger partial charge in [-0.25, -0.2) is 4.70 Å². The van der Waals surface area contributed by atoms with Gasteiger partial charge in [-0.3, -0.25) is 0 Å². The lowest BCUT2D eigenvalue weighted by Crippen LogP contribution is -2.09. The molecule has 0 saturated heterocycles. The Kier molecular flexibility index (Phi) is 17.8. The summed E-state index contributed by atoms with van der Waals surface area (Å²) in [4.78, 5) is 0. The largest absolute Gasteiger partial charge is 0.493 e. The maximum absolute atomic E-state index is 12.3. The second-order valence-electron chi connectivity index (χ2n) is 14.3. The highest BCUT2D eigenvalue weighted by Gasteiger charge is 2.30. The van der Waals surface area contributed by atoms with Crippen molar-refractivity contribution in [3.8, 4) is 0 Å². The molecule has 0 fully saturated rings. The minimum Gasteiger partial charge on any atom is -0.493 e. The standard InChI is InChI=1S/C45H70N2/c1-8-15-19-20-21-22-28-39-34-44(40-30-35(23-12-5)42(25-14-7)36(31-40)24-13-6)47(46)45(39)41-32-37(26-16-9-2)43(29-18-11-4)38(33-41)27-17-10-3/h30-34H,8-29H2,1-7H3. The van der Waals surface area contributed by atoms with Crippen LogP contribution in [-0.2, 0) is 38.5 Å². The molecule has 2 aromatic rings. The second-order valence-corrected chi connectivity index (χ2v) is 14.3. The van der Waals surface area contributed by atoms with Crippen molar-refractivity contribution in [3.63, 3.8) is 0 Å². The topological polar surface area (TPSA) is 25.3 Å². The Morgan fingerprint density at radius 1 is 0.426 bits per heavy atom. The van der Waals surface area contributed by atoms with Gasteiger partial charge in [0.05, 0.1) is 0 Å². The summed E-state index contributed by atoms with van der Waals surface area (Å²) in [6.45, 7) is 16.1.